The standard InChI is InChI=1S/C10H15N5OS/c1-7(2)15-5-4-14(10(15)16)6-8-12-13-9(11-3)17-8/h4-5,7H,6H2,1-3H3,(H,11,13). The van der Waals surface area contributed by atoms with Crippen LogP contribution in [0, 0.1) is 0 Å². The second-order valence-electron chi connectivity index (χ2n) is 3.96. The summed E-state index contributed by atoms with van der Waals surface area (Å²) in [6, 6.07) is 0.172. The van der Waals surface area contributed by atoms with Crippen LogP contribution in [0.3, 0.4) is 0 Å². The maximum Gasteiger partial charge on any atom is 0.328 e. The Balaban J connectivity index is 2.22. The highest BCUT2D eigenvalue weighted by Gasteiger charge is 2.09. The first-order valence-corrected chi connectivity index (χ1v) is 6.21. The van der Waals surface area contributed by atoms with E-state index in [2.05, 4.69) is 15.5 Å². The molecule has 0 unspecified atom stereocenters. The van der Waals surface area contributed by atoms with Crippen LogP contribution in [0.5, 0.6) is 0 Å². The summed E-state index contributed by atoms with van der Waals surface area (Å²) in [7, 11) is 1.80. The van der Waals surface area contributed by atoms with E-state index in [1.807, 2.05) is 13.8 Å². The van der Waals surface area contributed by atoms with Crippen LogP contribution in [-0.4, -0.2) is 26.4 Å². The Morgan fingerprint density at radius 2 is 2.18 bits per heavy atom. The molecule has 0 aliphatic rings. The molecule has 0 aliphatic heterocycles. The molecule has 0 bridgehead atoms. The summed E-state index contributed by atoms with van der Waals surface area (Å²) >= 11 is 1.45. The van der Waals surface area contributed by atoms with Crippen LogP contribution >= 0.6 is 11.3 Å². The van der Waals surface area contributed by atoms with E-state index < -0.39 is 0 Å². The van der Waals surface area contributed by atoms with E-state index in [0.717, 1.165) is 10.1 Å². The number of rotatable bonds is 4. The molecule has 92 valence electrons. The Kier molecular flexibility index (Phi) is 3.28. The Morgan fingerprint density at radius 1 is 1.41 bits per heavy atom. The van der Waals surface area contributed by atoms with Gasteiger partial charge < -0.3 is 5.32 Å². The topological polar surface area (TPSA) is 64.7 Å². The van der Waals surface area contributed by atoms with Crippen molar-refractivity contribution in [2.75, 3.05) is 12.4 Å². The molecule has 0 atom stereocenters. The summed E-state index contributed by atoms with van der Waals surface area (Å²) in [4.78, 5) is 12.0. The quantitative estimate of drug-likeness (QED) is 0.888. The summed E-state index contributed by atoms with van der Waals surface area (Å²) in [6.07, 6.45) is 3.58. The molecule has 2 aromatic heterocycles. The molecule has 7 heteroatoms. The molecule has 17 heavy (non-hydrogen) atoms. The van der Waals surface area contributed by atoms with Gasteiger partial charge in [-0.1, -0.05) is 11.3 Å². The predicted molar refractivity (Wildman–Crippen MR) is 67.6 cm³/mol. The van der Waals surface area contributed by atoms with Gasteiger partial charge in [-0.15, -0.1) is 10.2 Å². The fourth-order valence-electron chi connectivity index (χ4n) is 1.51. The lowest BCUT2D eigenvalue weighted by Crippen LogP contribution is -2.25. The maximum absolute atomic E-state index is 12.0. The van der Waals surface area contributed by atoms with Gasteiger partial charge in [0.15, 0.2) is 0 Å². The lowest BCUT2D eigenvalue weighted by Gasteiger charge is -2.03. The number of imidazole rings is 1. The summed E-state index contributed by atoms with van der Waals surface area (Å²) in [5.74, 6) is 0. The second kappa shape index (κ2) is 4.70. The number of nitrogens with one attached hydrogen (secondary N) is 1. The molecule has 1 N–H and O–H groups in total. The van der Waals surface area contributed by atoms with Gasteiger partial charge in [-0.3, -0.25) is 9.13 Å². The van der Waals surface area contributed by atoms with E-state index in [-0.39, 0.29) is 11.7 Å². The summed E-state index contributed by atoms with van der Waals surface area (Å²) in [5, 5.41) is 12.5. The summed E-state index contributed by atoms with van der Waals surface area (Å²) in [6.45, 7) is 4.43. The molecule has 0 aromatic carbocycles. The maximum atomic E-state index is 12.0. The van der Waals surface area contributed by atoms with Crippen molar-refractivity contribution in [3.63, 3.8) is 0 Å². The molecular weight excluding hydrogens is 238 g/mol. The van der Waals surface area contributed by atoms with Crippen LogP contribution in [0.2, 0.25) is 0 Å². The van der Waals surface area contributed by atoms with Crippen molar-refractivity contribution in [3.05, 3.63) is 27.9 Å². The molecule has 0 spiro atoms. The van der Waals surface area contributed by atoms with Gasteiger partial charge in [0.2, 0.25) is 5.13 Å². The zero-order valence-corrected chi connectivity index (χ0v) is 10.9. The average molecular weight is 253 g/mol. The molecule has 2 heterocycles. The Morgan fingerprint density at radius 3 is 2.71 bits per heavy atom. The number of hydrogen-bond acceptors (Lipinski definition) is 5. The van der Waals surface area contributed by atoms with Crippen molar-refractivity contribution < 1.29 is 0 Å². The van der Waals surface area contributed by atoms with Crippen molar-refractivity contribution in [2.24, 2.45) is 0 Å². The SMILES string of the molecule is CNc1nnc(Cn2ccn(C(C)C)c2=O)s1. The molecule has 0 amide bonds. The zero-order valence-electron chi connectivity index (χ0n) is 10.0. The third-order valence-corrected chi connectivity index (χ3v) is 3.34. The van der Waals surface area contributed by atoms with Gasteiger partial charge in [-0.2, -0.15) is 0 Å². The number of nitrogens with zero attached hydrogens (tertiary/aromatic N) is 4. The third kappa shape index (κ3) is 2.38. The normalized spacial score (nSPS) is 11.1. The molecule has 0 saturated carbocycles. The lowest BCUT2D eigenvalue weighted by atomic mass is 10.4. The molecule has 0 radical (unpaired) electrons. The van der Waals surface area contributed by atoms with E-state index in [0.29, 0.717) is 6.54 Å². The molecular formula is C10H15N5OS. The van der Waals surface area contributed by atoms with Gasteiger partial charge in [0, 0.05) is 25.5 Å². The Bertz CT molecular complexity index is 553. The van der Waals surface area contributed by atoms with Crippen LogP contribution in [0.1, 0.15) is 24.9 Å². The smallest absolute Gasteiger partial charge is 0.328 e. The van der Waals surface area contributed by atoms with Crippen molar-refractivity contribution in [1.29, 1.82) is 0 Å². The largest absolute Gasteiger partial charge is 0.363 e. The van der Waals surface area contributed by atoms with E-state index in [4.69, 9.17) is 0 Å². The lowest BCUT2D eigenvalue weighted by molar-refractivity contribution is 0.560. The minimum absolute atomic E-state index is 0.0128. The number of hydrogen-bond donors (Lipinski definition) is 1. The first-order chi connectivity index (χ1) is 8.11. The van der Waals surface area contributed by atoms with Crippen molar-refractivity contribution >= 4 is 16.5 Å². The number of anilines is 1. The third-order valence-electron chi connectivity index (χ3n) is 2.42. The summed E-state index contributed by atoms with van der Waals surface area (Å²) in [5.41, 5.74) is -0.0128. The Labute approximate surface area is 103 Å². The fraction of sp³-hybridized carbons (Fsp3) is 0.500. The van der Waals surface area contributed by atoms with Crippen molar-refractivity contribution in [3.8, 4) is 0 Å². The van der Waals surface area contributed by atoms with Crippen LogP contribution in [0.15, 0.2) is 17.2 Å². The molecule has 0 saturated heterocycles. The van der Waals surface area contributed by atoms with Gasteiger partial charge in [-0.25, -0.2) is 4.79 Å². The fourth-order valence-corrected chi connectivity index (χ4v) is 2.20. The monoisotopic (exact) mass is 253 g/mol. The second-order valence-corrected chi connectivity index (χ2v) is 5.02. The van der Waals surface area contributed by atoms with Crippen molar-refractivity contribution in [2.45, 2.75) is 26.4 Å². The predicted octanol–water partition coefficient (Wildman–Crippen LogP) is 1.17. The molecule has 0 fully saturated rings. The molecule has 6 nitrogen and oxygen atoms in total. The average Bonchev–Trinajstić information content (AvgIpc) is 2.87. The number of aromatic nitrogens is 4. The van der Waals surface area contributed by atoms with E-state index >= 15 is 0 Å². The first-order valence-electron chi connectivity index (χ1n) is 5.39. The highest BCUT2D eigenvalue weighted by Crippen LogP contribution is 2.14. The van der Waals surface area contributed by atoms with Gasteiger partial charge in [0.1, 0.15) is 5.01 Å². The van der Waals surface area contributed by atoms with Crippen LogP contribution in [0.25, 0.3) is 0 Å². The molecule has 2 rings (SSSR count). The van der Waals surface area contributed by atoms with Crippen LogP contribution in [0.4, 0.5) is 5.13 Å². The minimum atomic E-state index is -0.0128. The van der Waals surface area contributed by atoms with E-state index in [1.165, 1.54) is 11.3 Å². The van der Waals surface area contributed by atoms with Gasteiger partial charge >= 0.3 is 5.69 Å². The van der Waals surface area contributed by atoms with E-state index in [1.54, 1.807) is 28.6 Å². The van der Waals surface area contributed by atoms with E-state index in [9.17, 15) is 4.79 Å². The first kappa shape index (κ1) is 11.8. The Hall–Kier alpha value is -1.63. The van der Waals surface area contributed by atoms with Gasteiger partial charge in [-0.05, 0) is 13.8 Å². The van der Waals surface area contributed by atoms with Crippen molar-refractivity contribution in [1.82, 2.24) is 19.3 Å². The summed E-state index contributed by atoms with van der Waals surface area (Å²) < 4.78 is 3.33. The molecule has 0 aliphatic carbocycles. The van der Waals surface area contributed by atoms with Gasteiger partial charge in [0.05, 0.1) is 6.54 Å². The van der Waals surface area contributed by atoms with Crippen LogP contribution in [-0.2, 0) is 6.54 Å². The van der Waals surface area contributed by atoms with Crippen LogP contribution < -0.4 is 11.0 Å². The molecule has 2 aromatic rings. The zero-order chi connectivity index (χ0) is 12.4. The van der Waals surface area contributed by atoms with Gasteiger partial charge in [0.25, 0.3) is 0 Å². The highest BCUT2D eigenvalue weighted by molar-refractivity contribution is 7.15. The minimum Gasteiger partial charge on any atom is -0.363 e. The highest BCUT2D eigenvalue weighted by atomic mass is 32.1.